The normalized spacial score (nSPS) is 11.8. The Morgan fingerprint density at radius 1 is 1.25 bits per heavy atom. The Kier molecular flexibility index (Phi) is 4.66. The van der Waals surface area contributed by atoms with Gasteiger partial charge in [-0.05, 0) is 23.8 Å². The molecule has 0 atom stereocenters. The molecule has 5 heteroatoms. The molecule has 0 saturated heterocycles. The highest BCUT2D eigenvalue weighted by atomic mass is 35.6. The highest BCUT2D eigenvalue weighted by molar-refractivity contribution is 6.77. The van der Waals surface area contributed by atoms with Crippen molar-refractivity contribution < 1.29 is 9.53 Å². The monoisotopic (exact) mass is 278 g/mol. The summed E-state index contributed by atoms with van der Waals surface area (Å²) in [4.78, 5) is 11.3. The smallest absolute Gasteiger partial charge is 0.252 e. The number of alkyl halides is 3. The lowest BCUT2D eigenvalue weighted by Crippen LogP contribution is -2.15. The maximum atomic E-state index is 11.3. The van der Waals surface area contributed by atoms with Crippen LogP contribution in [0.3, 0.4) is 0 Å². The zero-order chi connectivity index (χ0) is 12.2. The minimum atomic E-state index is -1.90. The summed E-state index contributed by atoms with van der Waals surface area (Å²) in [5.74, 6) is 0.165. The molecule has 0 aliphatic rings. The number of halogens is 3. The van der Waals surface area contributed by atoms with Gasteiger partial charge < -0.3 is 4.74 Å². The highest BCUT2D eigenvalue weighted by Gasteiger charge is 2.27. The van der Waals surface area contributed by atoms with E-state index in [1.807, 2.05) is 0 Å². The molecule has 0 radical (unpaired) electrons. The van der Waals surface area contributed by atoms with E-state index in [1.165, 1.54) is 6.08 Å². The third-order valence-electron chi connectivity index (χ3n) is 1.82. The average Bonchev–Trinajstić information content (AvgIpc) is 2.25. The number of allylic oxidation sites excluding steroid dienone is 1. The number of ether oxygens (including phenoxy) is 1. The van der Waals surface area contributed by atoms with Crippen molar-refractivity contribution in [1.82, 2.24) is 0 Å². The molecular weight excluding hydrogens is 270 g/mol. The predicted molar refractivity (Wildman–Crippen MR) is 67.3 cm³/mol. The van der Waals surface area contributed by atoms with Gasteiger partial charge in [-0.2, -0.15) is 0 Å². The van der Waals surface area contributed by atoms with E-state index in [0.717, 1.165) is 11.3 Å². The number of carbonyl (C=O) groups is 1. The van der Waals surface area contributed by atoms with Crippen molar-refractivity contribution in [3.05, 3.63) is 35.9 Å². The molecule has 16 heavy (non-hydrogen) atoms. The Morgan fingerprint density at radius 3 is 2.25 bits per heavy atom. The molecule has 86 valence electrons. The molecule has 1 aromatic rings. The first-order valence-electron chi connectivity index (χ1n) is 4.37. The van der Waals surface area contributed by atoms with Crippen LogP contribution >= 0.6 is 34.8 Å². The summed E-state index contributed by atoms with van der Waals surface area (Å²) in [7, 11) is 1.58. The van der Waals surface area contributed by atoms with Gasteiger partial charge in [0.2, 0.25) is 5.78 Å². The van der Waals surface area contributed by atoms with Crippen molar-refractivity contribution in [3.63, 3.8) is 0 Å². The van der Waals surface area contributed by atoms with Crippen LogP contribution in [0.25, 0.3) is 6.08 Å². The van der Waals surface area contributed by atoms with Crippen LogP contribution in [-0.4, -0.2) is 16.7 Å². The van der Waals surface area contributed by atoms with Crippen molar-refractivity contribution >= 4 is 46.7 Å². The molecule has 2 nitrogen and oxygen atoms in total. The van der Waals surface area contributed by atoms with Crippen LogP contribution in [0.2, 0.25) is 0 Å². The molecular formula is C11H9Cl3O2. The van der Waals surface area contributed by atoms with Crippen LogP contribution in [0.1, 0.15) is 5.56 Å². The number of benzene rings is 1. The molecule has 1 aromatic carbocycles. The van der Waals surface area contributed by atoms with E-state index < -0.39 is 9.58 Å². The number of hydrogen-bond acceptors (Lipinski definition) is 2. The molecule has 0 unspecified atom stereocenters. The van der Waals surface area contributed by atoms with Crippen LogP contribution in [0, 0.1) is 0 Å². The van der Waals surface area contributed by atoms with E-state index in [0.29, 0.717) is 0 Å². The lowest BCUT2D eigenvalue weighted by Gasteiger charge is -2.04. The fourth-order valence-corrected chi connectivity index (χ4v) is 1.17. The first-order chi connectivity index (χ1) is 7.43. The second-order valence-corrected chi connectivity index (χ2v) is 5.25. The minimum absolute atomic E-state index is 0.576. The van der Waals surface area contributed by atoms with Gasteiger partial charge in [0, 0.05) is 0 Å². The van der Waals surface area contributed by atoms with Gasteiger partial charge in [-0.3, -0.25) is 4.79 Å². The maximum absolute atomic E-state index is 11.3. The zero-order valence-electron chi connectivity index (χ0n) is 8.41. The van der Waals surface area contributed by atoms with Crippen molar-refractivity contribution in [2.45, 2.75) is 3.79 Å². The average molecular weight is 280 g/mol. The first kappa shape index (κ1) is 13.4. The summed E-state index contributed by atoms with van der Waals surface area (Å²) < 4.78 is 3.09. The van der Waals surface area contributed by atoms with Gasteiger partial charge in [0.25, 0.3) is 3.79 Å². The molecule has 0 aliphatic carbocycles. The lowest BCUT2D eigenvalue weighted by atomic mass is 10.2. The molecule has 0 aromatic heterocycles. The fraction of sp³-hybridized carbons (Fsp3) is 0.182. The Morgan fingerprint density at radius 2 is 1.81 bits per heavy atom. The third-order valence-corrected chi connectivity index (χ3v) is 2.38. The highest BCUT2D eigenvalue weighted by Crippen LogP contribution is 2.27. The van der Waals surface area contributed by atoms with Gasteiger partial charge >= 0.3 is 0 Å². The summed E-state index contributed by atoms with van der Waals surface area (Å²) in [6.45, 7) is 0. The number of carbonyl (C=O) groups excluding carboxylic acids is 1. The number of ketones is 1. The quantitative estimate of drug-likeness (QED) is 0.623. The Balaban J connectivity index is 2.73. The summed E-state index contributed by atoms with van der Waals surface area (Å²) >= 11 is 16.2. The number of rotatable bonds is 3. The van der Waals surface area contributed by atoms with Crippen molar-refractivity contribution in [1.29, 1.82) is 0 Å². The van der Waals surface area contributed by atoms with Gasteiger partial charge in [-0.15, -0.1) is 0 Å². The van der Waals surface area contributed by atoms with Gasteiger partial charge in [0.1, 0.15) is 5.75 Å². The van der Waals surface area contributed by atoms with E-state index >= 15 is 0 Å². The van der Waals surface area contributed by atoms with Gasteiger partial charge in [-0.25, -0.2) is 0 Å². The van der Waals surface area contributed by atoms with Crippen molar-refractivity contribution in [2.75, 3.05) is 7.11 Å². The summed E-state index contributed by atoms with van der Waals surface area (Å²) in [6, 6.07) is 7.14. The van der Waals surface area contributed by atoms with E-state index in [1.54, 1.807) is 37.5 Å². The van der Waals surface area contributed by atoms with E-state index in [2.05, 4.69) is 0 Å². The first-order valence-corrected chi connectivity index (χ1v) is 5.50. The van der Waals surface area contributed by atoms with Gasteiger partial charge in [0.15, 0.2) is 0 Å². The van der Waals surface area contributed by atoms with Crippen LogP contribution in [0.5, 0.6) is 5.75 Å². The lowest BCUT2D eigenvalue weighted by molar-refractivity contribution is -0.113. The van der Waals surface area contributed by atoms with Crippen LogP contribution in [-0.2, 0) is 4.79 Å². The van der Waals surface area contributed by atoms with E-state index in [4.69, 9.17) is 39.5 Å². The van der Waals surface area contributed by atoms with Crippen LogP contribution < -0.4 is 4.74 Å². The number of methoxy groups -OCH3 is 1. The van der Waals surface area contributed by atoms with Gasteiger partial charge in [-0.1, -0.05) is 53.0 Å². The second-order valence-electron chi connectivity index (χ2n) is 2.97. The summed E-state index contributed by atoms with van der Waals surface area (Å²) in [5.41, 5.74) is 0.823. The Hall–Kier alpha value is -0.700. The fourth-order valence-electron chi connectivity index (χ4n) is 0.981. The third kappa shape index (κ3) is 4.05. The zero-order valence-corrected chi connectivity index (χ0v) is 10.7. The SMILES string of the molecule is COc1ccc(/C=C/C(=O)C(Cl)(Cl)Cl)cc1. The molecule has 0 amide bonds. The van der Waals surface area contributed by atoms with Crippen LogP contribution in [0.15, 0.2) is 30.3 Å². The maximum Gasteiger partial charge on any atom is 0.252 e. The van der Waals surface area contributed by atoms with E-state index in [9.17, 15) is 4.79 Å². The molecule has 0 saturated carbocycles. The standard InChI is InChI=1S/C11H9Cl3O2/c1-16-9-5-2-8(3-6-9)4-7-10(15)11(12,13)14/h2-7H,1H3/b7-4+. The van der Waals surface area contributed by atoms with Crippen molar-refractivity contribution in [2.24, 2.45) is 0 Å². The Bertz CT molecular complexity index is 391. The minimum Gasteiger partial charge on any atom is -0.497 e. The molecule has 0 spiro atoms. The summed E-state index contributed by atoms with van der Waals surface area (Å²) in [6.07, 6.45) is 2.80. The topological polar surface area (TPSA) is 26.3 Å². The van der Waals surface area contributed by atoms with Crippen molar-refractivity contribution in [3.8, 4) is 5.75 Å². The predicted octanol–water partition coefficient (Wildman–Crippen LogP) is 3.65. The number of hydrogen-bond donors (Lipinski definition) is 0. The molecule has 0 heterocycles. The molecule has 0 aliphatic heterocycles. The molecule has 1 rings (SSSR count). The molecule has 0 fully saturated rings. The van der Waals surface area contributed by atoms with E-state index in [-0.39, 0.29) is 0 Å². The van der Waals surface area contributed by atoms with Gasteiger partial charge in [0.05, 0.1) is 7.11 Å². The summed E-state index contributed by atoms with van der Waals surface area (Å²) in [5, 5.41) is 0. The second kappa shape index (κ2) is 5.58. The largest absolute Gasteiger partial charge is 0.497 e. The Labute approximate surface area is 109 Å². The molecule has 0 bridgehead atoms. The van der Waals surface area contributed by atoms with Crippen LogP contribution in [0.4, 0.5) is 0 Å². The molecule has 0 N–H and O–H groups in total.